The highest BCUT2D eigenvalue weighted by atomic mass is 35.7. The minimum absolute atomic E-state index is 0.255. The van der Waals surface area contributed by atoms with Gasteiger partial charge < -0.3 is 0 Å². The Labute approximate surface area is 66.0 Å². The van der Waals surface area contributed by atoms with E-state index < -0.39 is 9.05 Å². The first kappa shape index (κ1) is 8.34. The molecule has 0 radical (unpaired) electrons. The standard InChI is InChI=1S/C6H11ClO2S/c1-4(2)5-3-6(5)10(7,8)9/h4-6H,3H2,1-2H3. The minimum atomic E-state index is -3.25. The molecule has 0 heterocycles. The van der Waals surface area contributed by atoms with Crippen LogP contribution in [-0.4, -0.2) is 13.7 Å². The molecule has 1 rings (SSSR count). The normalized spacial score (nSPS) is 32.8. The lowest BCUT2D eigenvalue weighted by Gasteiger charge is -1.98. The summed E-state index contributed by atoms with van der Waals surface area (Å²) in [4.78, 5) is 0. The monoisotopic (exact) mass is 182 g/mol. The van der Waals surface area contributed by atoms with E-state index in [0.717, 1.165) is 6.42 Å². The third-order valence-electron chi connectivity index (χ3n) is 2.00. The third-order valence-corrected chi connectivity index (χ3v) is 3.95. The van der Waals surface area contributed by atoms with Crippen LogP contribution in [0.25, 0.3) is 0 Å². The van der Waals surface area contributed by atoms with Crippen molar-refractivity contribution in [2.24, 2.45) is 11.8 Å². The molecule has 2 atom stereocenters. The van der Waals surface area contributed by atoms with Gasteiger partial charge in [-0.15, -0.1) is 0 Å². The van der Waals surface area contributed by atoms with Crippen LogP contribution in [-0.2, 0) is 9.05 Å². The second-order valence-corrected chi connectivity index (χ2v) is 6.00. The summed E-state index contributed by atoms with van der Waals surface area (Å²) in [5.41, 5.74) is 0. The number of rotatable bonds is 2. The van der Waals surface area contributed by atoms with Crippen LogP contribution in [0, 0.1) is 11.8 Å². The molecule has 1 fully saturated rings. The highest BCUT2D eigenvalue weighted by molar-refractivity contribution is 8.14. The molecule has 0 spiro atoms. The van der Waals surface area contributed by atoms with Crippen LogP contribution in [0.2, 0.25) is 0 Å². The molecule has 0 aromatic carbocycles. The zero-order valence-electron chi connectivity index (χ0n) is 6.04. The van der Waals surface area contributed by atoms with E-state index in [1.165, 1.54) is 0 Å². The highest BCUT2D eigenvalue weighted by Gasteiger charge is 2.47. The summed E-state index contributed by atoms with van der Waals surface area (Å²) in [5, 5.41) is -0.255. The van der Waals surface area contributed by atoms with E-state index in [0.29, 0.717) is 11.8 Å². The van der Waals surface area contributed by atoms with Crippen LogP contribution >= 0.6 is 10.7 Å². The molecule has 2 nitrogen and oxygen atoms in total. The number of hydrogen-bond donors (Lipinski definition) is 0. The molecule has 0 aromatic heterocycles. The molecule has 0 saturated heterocycles. The van der Waals surface area contributed by atoms with Crippen molar-refractivity contribution < 1.29 is 8.42 Å². The molecule has 60 valence electrons. The van der Waals surface area contributed by atoms with Crippen molar-refractivity contribution >= 4 is 19.7 Å². The Morgan fingerprint density at radius 1 is 1.50 bits per heavy atom. The van der Waals surface area contributed by atoms with Crippen molar-refractivity contribution in [3.05, 3.63) is 0 Å². The fraction of sp³-hybridized carbons (Fsp3) is 1.00. The first-order valence-electron chi connectivity index (χ1n) is 3.36. The Bertz CT molecular complexity index is 220. The first-order chi connectivity index (χ1) is 4.43. The predicted molar refractivity (Wildman–Crippen MR) is 41.5 cm³/mol. The maximum Gasteiger partial charge on any atom is 0.235 e. The van der Waals surface area contributed by atoms with Gasteiger partial charge in [-0.1, -0.05) is 13.8 Å². The van der Waals surface area contributed by atoms with Gasteiger partial charge >= 0.3 is 0 Å². The smallest absolute Gasteiger partial charge is 0.212 e. The largest absolute Gasteiger partial charge is 0.235 e. The fourth-order valence-electron chi connectivity index (χ4n) is 1.21. The quantitative estimate of drug-likeness (QED) is 0.608. The molecule has 1 aliphatic rings. The van der Waals surface area contributed by atoms with Gasteiger partial charge in [0.15, 0.2) is 0 Å². The Hall–Kier alpha value is 0.240. The summed E-state index contributed by atoms with van der Waals surface area (Å²) in [5.74, 6) is 0.751. The minimum Gasteiger partial charge on any atom is -0.212 e. The third kappa shape index (κ3) is 1.64. The summed E-state index contributed by atoms with van der Waals surface area (Å²) >= 11 is 0. The Balaban J connectivity index is 2.55. The van der Waals surface area contributed by atoms with Gasteiger partial charge in [0.05, 0.1) is 5.25 Å². The van der Waals surface area contributed by atoms with Crippen LogP contribution in [0.4, 0.5) is 0 Å². The first-order valence-corrected chi connectivity index (χ1v) is 5.73. The van der Waals surface area contributed by atoms with Gasteiger partial charge in [-0.2, -0.15) is 0 Å². The van der Waals surface area contributed by atoms with Gasteiger partial charge in [-0.05, 0) is 18.3 Å². The Morgan fingerprint density at radius 2 is 2.00 bits per heavy atom. The van der Waals surface area contributed by atoms with Crippen LogP contribution in [0.15, 0.2) is 0 Å². The van der Waals surface area contributed by atoms with E-state index in [9.17, 15) is 8.42 Å². The predicted octanol–water partition coefficient (Wildman–Crippen LogP) is 1.60. The maximum absolute atomic E-state index is 10.7. The summed E-state index contributed by atoms with van der Waals surface area (Å²) in [6, 6.07) is 0. The lowest BCUT2D eigenvalue weighted by atomic mass is 10.1. The van der Waals surface area contributed by atoms with Gasteiger partial charge in [-0.3, -0.25) is 0 Å². The second-order valence-electron chi connectivity index (χ2n) is 3.16. The topological polar surface area (TPSA) is 34.1 Å². The number of hydrogen-bond acceptors (Lipinski definition) is 2. The average molecular weight is 183 g/mol. The van der Waals surface area contributed by atoms with Crippen LogP contribution in [0.1, 0.15) is 20.3 Å². The molecule has 0 aromatic rings. The molecule has 0 aliphatic heterocycles. The zero-order valence-corrected chi connectivity index (χ0v) is 7.61. The molecular formula is C6H11ClO2S. The van der Waals surface area contributed by atoms with E-state index in [1.807, 2.05) is 13.8 Å². The molecule has 4 heteroatoms. The van der Waals surface area contributed by atoms with Crippen molar-refractivity contribution in [3.63, 3.8) is 0 Å². The van der Waals surface area contributed by atoms with E-state index >= 15 is 0 Å². The van der Waals surface area contributed by atoms with Crippen molar-refractivity contribution in [3.8, 4) is 0 Å². The van der Waals surface area contributed by atoms with Crippen molar-refractivity contribution in [1.82, 2.24) is 0 Å². The van der Waals surface area contributed by atoms with Gasteiger partial charge in [0, 0.05) is 10.7 Å². The lowest BCUT2D eigenvalue weighted by Crippen LogP contribution is -2.03. The molecule has 1 saturated carbocycles. The van der Waals surface area contributed by atoms with Crippen LogP contribution in [0.3, 0.4) is 0 Å². The van der Waals surface area contributed by atoms with E-state index in [-0.39, 0.29) is 5.25 Å². The summed E-state index contributed by atoms with van der Waals surface area (Å²) < 4.78 is 21.3. The molecule has 0 bridgehead atoms. The van der Waals surface area contributed by atoms with Crippen molar-refractivity contribution in [1.29, 1.82) is 0 Å². The van der Waals surface area contributed by atoms with Gasteiger partial charge in [-0.25, -0.2) is 8.42 Å². The highest BCUT2D eigenvalue weighted by Crippen LogP contribution is 2.43. The van der Waals surface area contributed by atoms with Gasteiger partial charge in [0.25, 0.3) is 0 Å². The second kappa shape index (κ2) is 2.38. The summed E-state index contributed by atoms with van der Waals surface area (Å²) in [7, 11) is 1.89. The molecule has 0 amide bonds. The number of halogens is 1. The SMILES string of the molecule is CC(C)C1CC1S(=O)(=O)Cl. The van der Waals surface area contributed by atoms with E-state index in [2.05, 4.69) is 0 Å². The molecule has 0 N–H and O–H groups in total. The Kier molecular flexibility index (Phi) is 1.98. The summed E-state index contributed by atoms with van der Waals surface area (Å²) in [6.45, 7) is 4.04. The van der Waals surface area contributed by atoms with E-state index in [1.54, 1.807) is 0 Å². The molecule has 10 heavy (non-hydrogen) atoms. The maximum atomic E-state index is 10.7. The van der Waals surface area contributed by atoms with Gasteiger partial charge in [0.2, 0.25) is 9.05 Å². The zero-order chi connectivity index (χ0) is 7.94. The van der Waals surface area contributed by atoms with Crippen molar-refractivity contribution in [2.45, 2.75) is 25.5 Å². The average Bonchev–Trinajstić information content (AvgIpc) is 2.35. The lowest BCUT2D eigenvalue weighted by molar-refractivity contribution is 0.554. The van der Waals surface area contributed by atoms with Gasteiger partial charge in [0.1, 0.15) is 0 Å². The molecule has 1 aliphatic carbocycles. The summed E-state index contributed by atoms with van der Waals surface area (Å²) in [6.07, 6.45) is 0.753. The van der Waals surface area contributed by atoms with E-state index in [4.69, 9.17) is 10.7 Å². The fourth-order valence-corrected chi connectivity index (χ4v) is 3.01. The van der Waals surface area contributed by atoms with Crippen molar-refractivity contribution in [2.75, 3.05) is 0 Å². The molecular weight excluding hydrogens is 172 g/mol. The van der Waals surface area contributed by atoms with Crippen LogP contribution in [0.5, 0.6) is 0 Å². The molecule has 2 unspecified atom stereocenters. The van der Waals surface area contributed by atoms with Crippen LogP contribution < -0.4 is 0 Å². The Morgan fingerprint density at radius 3 is 2.10 bits per heavy atom.